The summed E-state index contributed by atoms with van der Waals surface area (Å²) in [5.74, 6) is -1.31. The minimum atomic E-state index is -1.03. The van der Waals surface area contributed by atoms with Gasteiger partial charge in [-0.2, -0.15) is 0 Å². The Morgan fingerprint density at radius 1 is 1.19 bits per heavy atom. The SMILES string of the molecule is Cc1cc(F)cc(N2Cc3cnc(C(=O)O)cc3C(c3ccccc3)C2)c1. The van der Waals surface area contributed by atoms with Crippen molar-refractivity contribution in [2.75, 3.05) is 11.4 Å². The van der Waals surface area contributed by atoms with Crippen molar-refractivity contribution in [3.05, 3.63) is 94.6 Å². The van der Waals surface area contributed by atoms with Crippen LogP contribution in [0.3, 0.4) is 0 Å². The summed E-state index contributed by atoms with van der Waals surface area (Å²) in [6.07, 6.45) is 1.63. The molecule has 0 saturated carbocycles. The van der Waals surface area contributed by atoms with Crippen LogP contribution in [-0.4, -0.2) is 22.6 Å². The lowest BCUT2D eigenvalue weighted by Gasteiger charge is -2.36. The molecule has 1 aliphatic heterocycles. The minimum absolute atomic E-state index is 0.0142. The van der Waals surface area contributed by atoms with Gasteiger partial charge in [-0.1, -0.05) is 30.3 Å². The fourth-order valence-electron chi connectivity index (χ4n) is 3.73. The van der Waals surface area contributed by atoms with E-state index >= 15 is 0 Å². The number of benzene rings is 2. The molecule has 1 atom stereocenters. The molecule has 0 saturated heterocycles. The first-order valence-electron chi connectivity index (χ1n) is 8.80. The van der Waals surface area contributed by atoms with E-state index in [9.17, 15) is 14.3 Å². The molecule has 2 aromatic carbocycles. The third kappa shape index (κ3) is 3.40. The van der Waals surface area contributed by atoms with E-state index in [0.717, 1.165) is 27.9 Å². The summed E-state index contributed by atoms with van der Waals surface area (Å²) in [5, 5.41) is 9.32. The van der Waals surface area contributed by atoms with Gasteiger partial charge < -0.3 is 10.0 Å². The topological polar surface area (TPSA) is 53.4 Å². The lowest BCUT2D eigenvalue weighted by atomic mass is 9.85. The highest BCUT2D eigenvalue weighted by molar-refractivity contribution is 5.85. The number of aryl methyl sites for hydroxylation is 1. The third-order valence-electron chi connectivity index (χ3n) is 4.98. The quantitative estimate of drug-likeness (QED) is 0.751. The summed E-state index contributed by atoms with van der Waals surface area (Å²) < 4.78 is 13.9. The number of carboxylic acid groups (broad SMARTS) is 1. The monoisotopic (exact) mass is 362 g/mol. The predicted octanol–water partition coefficient (Wildman–Crippen LogP) is 4.38. The van der Waals surface area contributed by atoms with Crippen molar-refractivity contribution < 1.29 is 14.3 Å². The molecule has 0 radical (unpaired) electrons. The summed E-state index contributed by atoms with van der Waals surface area (Å²) in [7, 11) is 0. The molecule has 27 heavy (non-hydrogen) atoms. The van der Waals surface area contributed by atoms with E-state index in [4.69, 9.17) is 0 Å². The van der Waals surface area contributed by atoms with Gasteiger partial charge in [-0.05, 0) is 53.4 Å². The van der Waals surface area contributed by atoms with Gasteiger partial charge >= 0.3 is 5.97 Å². The summed E-state index contributed by atoms with van der Waals surface area (Å²) in [5.41, 5.74) is 4.76. The van der Waals surface area contributed by atoms with Gasteiger partial charge in [-0.3, -0.25) is 0 Å². The van der Waals surface area contributed by atoms with Crippen molar-refractivity contribution in [2.24, 2.45) is 0 Å². The molecule has 0 bridgehead atoms. The Morgan fingerprint density at radius 3 is 2.67 bits per heavy atom. The summed E-state index contributed by atoms with van der Waals surface area (Å²) in [4.78, 5) is 17.6. The molecule has 0 amide bonds. The van der Waals surface area contributed by atoms with E-state index in [0.29, 0.717) is 13.1 Å². The number of hydrogen-bond acceptors (Lipinski definition) is 3. The number of anilines is 1. The van der Waals surface area contributed by atoms with Gasteiger partial charge in [0.05, 0.1) is 0 Å². The average Bonchev–Trinajstić information content (AvgIpc) is 2.66. The molecule has 1 unspecified atom stereocenters. The number of carboxylic acids is 1. The van der Waals surface area contributed by atoms with Crippen LogP contribution in [0.2, 0.25) is 0 Å². The van der Waals surface area contributed by atoms with Gasteiger partial charge in [0, 0.05) is 30.9 Å². The molecule has 0 spiro atoms. The Morgan fingerprint density at radius 2 is 1.96 bits per heavy atom. The number of nitrogens with zero attached hydrogens (tertiary/aromatic N) is 2. The van der Waals surface area contributed by atoms with Crippen LogP contribution in [-0.2, 0) is 6.54 Å². The molecular formula is C22H19FN2O2. The zero-order valence-corrected chi connectivity index (χ0v) is 14.9. The molecule has 1 aliphatic rings. The minimum Gasteiger partial charge on any atom is -0.477 e. The van der Waals surface area contributed by atoms with Gasteiger partial charge in [-0.15, -0.1) is 0 Å². The number of aromatic nitrogens is 1. The smallest absolute Gasteiger partial charge is 0.354 e. The van der Waals surface area contributed by atoms with Gasteiger partial charge in [-0.25, -0.2) is 14.2 Å². The van der Waals surface area contributed by atoms with Crippen LogP contribution in [0, 0.1) is 12.7 Å². The normalized spacial score (nSPS) is 16.1. The van der Waals surface area contributed by atoms with E-state index in [1.54, 1.807) is 18.3 Å². The fourth-order valence-corrected chi connectivity index (χ4v) is 3.73. The number of halogens is 1. The van der Waals surface area contributed by atoms with Gasteiger partial charge in [0.2, 0.25) is 0 Å². The number of carbonyl (C=O) groups is 1. The maximum atomic E-state index is 13.9. The highest BCUT2D eigenvalue weighted by Gasteiger charge is 2.28. The first-order chi connectivity index (χ1) is 13.0. The molecule has 2 heterocycles. The highest BCUT2D eigenvalue weighted by Crippen LogP contribution is 2.36. The third-order valence-corrected chi connectivity index (χ3v) is 4.98. The van der Waals surface area contributed by atoms with Crippen LogP contribution in [0.15, 0.2) is 60.8 Å². The molecular weight excluding hydrogens is 343 g/mol. The summed E-state index contributed by atoms with van der Waals surface area (Å²) in [6.45, 7) is 3.08. The Bertz CT molecular complexity index is 984. The number of aromatic carboxylic acids is 1. The maximum absolute atomic E-state index is 13.9. The van der Waals surface area contributed by atoms with Crippen LogP contribution in [0.5, 0.6) is 0 Å². The second-order valence-electron chi connectivity index (χ2n) is 6.90. The molecule has 4 rings (SSSR count). The fraction of sp³-hybridized carbons (Fsp3) is 0.182. The Kier molecular flexibility index (Phi) is 4.36. The number of pyridine rings is 1. The van der Waals surface area contributed by atoms with Crippen molar-refractivity contribution in [2.45, 2.75) is 19.4 Å². The molecule has 4 nitrogen and oxygen atoms in total. The van der Waals surface area contributed by atoms with E-state index in [2.05, 4.69) is 9.88 Å². The van der Waals surface area contributed by atoms with Crippen molar-refractivity contribution in [1.29, 1.82) is 0 Å². The zero-order valence-electron chi connectivity index (χ0n) is 14.9. The van der Waals surface area contributed by atoms with Gasteiger partial charge in [0.1, 0.15) is 11.5 Å². The summed E-state index contributed by atoms with van der Waals surface area (Å²) in [6, 6.07) is 16.7. The molecule has 3 aromatic rings. The van der Waals surface area contributed by atoms with Crippen LogP contribution in [0.4, 0.5) is 10.1 Å². The molecule has 0 aliphatic carbocycles. The van der Waals surface area contributed by atoms with Gasteiger partial charge in [0.15, 0.2) is 0 Å². The number of fused-ring (bicyclic) bond motifs is 1. The molecule has 0 fully saturated rings. The van der Waals surface area contributed by atoms with E-state index in [1.165, 1.54) is 6.07 Å². The van der Waals surface area contributed by atoms with Crippen LogP contribution >= 0.6 is 0 Å². The Balaban J connectivity index is 1.81. The molecule has 5 heteroatoms. The standard InChI is InChI=1S/C22H19FN2O2/c1-14-7-17(23)9-18(8-14)25-12-16-11-24-21(22(26)27)10-19(16)20(13-25)15-5-3-2-4-6-15/h2-11,20H,12-13H2,1H3,(H,26,27). The first-order valence-corrected chi connectivity index (χ1v) is 8.80. The predicted molar refractivity (Wildman–Crippen MR) is 102 cm³/mol. The van der Waals surface area contributed by atoms with Crippen molar-refractivity contribution in [3.8, 4) is 0 Å². The van der Waals surface area contributed by atoms with E-state index in [1.807, 2.05) is 43.3 Å². The number of rotatable bonds is 3. The zero-order chi connectivity index (χ0) is 19.0. The van der Waals surface area contributed by atoms with E-state index in [-0.39, 0.29) is 17.4 Å². The van der Waals surface area contributed by atoms with E-state index < -0.39 is 5.97 Å². The Hall–Kier alpha value is -3.21. The lowest BCUT2D eigenvalue weighted by molar-refractivity contribution is 0.0690. The average molecular weight is 362 g/mol. The maximum Gasteiger partial charge on any atom is 0.354 e. The second kappa shape index (κ2) is 6.83. The first kappa shape index (κ1) is 17.2. The molecule has 136 valence electrons. The molecule has 1 aromatic heterocycles. The van der Waals surface area contributed by atoms with Crippen molar-refractivity contribution >= 4 is 11.7 Å². The summed E-state index contributed by atoms with van der Waals surface area (Å²) >= 11 is 0. The van der Waals surface area contributed by atoms with Crippen LogP contribution in [0.25, 0.3) is 0 Å². The van der Waals surface area contributed by atoms with Crippen molar-refractivity contribution in [1.82, 2.24) is 4.98 Å². The van der Waals surface area contributed by atoms with Crippen LogP contribution < -0.4 is 4.90 Å². The Labute approximate surface area is 156 Å². The molecule has 1 N–H and O–H groups in total. The van der Waals surface area contributed by atoms with Crippen LogP contribution in [0.1, 0.15) is 38.7 Å². The van der Waals surface area contributed by atoms with Crippen molar-refractivity contribution in [3.63, 3.8) is 0 Å². The number of hydrogen-bond donors (Lipinski definition) is 1. The van der Waals surface area contributed by atoms with Gasteiger partial charge in [0.25, 0.3) is 0 Å². The second-order valence-corrected chi connectivity index (χ2v) is 6.90. The largest absolute Gasteiger partial charge is 0.477 e. The lowest BCUT2D eigenvalue weighted by Crippen LogP contribution is -2.34. The highest BCUT2D eigenvalue weighted by atomic mass is 19.1.